The molecule has 0 aliphatic rings. The number of aliphatic hydroxyl groups excluding tert-OH is 1. The van der Waals surface area contributed by atoms with Gasteiger partial charge in [0.25, 0.3) is 5.91 Å². The van der Waals surface area contributed by atoms with Gasteiger partial charge in [-0.3, -0.25) is 18.8 Å². The molecule has 6 N–H and O–H groups in total. The van der Waals surface area contributed by atoms with E-state index in [0.29, 0.717) is 11.4 Å². The fourth-order valence-electron chi connectivity index (χ4n) is 3.64. The van der Waals surface area contributed by atoms with E-state index < -0.39 is 71.1 Å². The summed E-state index contributed by atoms with van der Waals surface area (Å²) in [6.07, 6.45) is 0. The van der Waals surface area contributed by atoms with Crippen molar-refractivity contribution in [3.8, 4) is 11.5 Å². The molecule has 0 spiro atoms. The molecule has 53 heavy (non-hydrogen) atoms. The van der Waals surface area contributed by atoms with Gasteiger partial charge in [0, 0.05) is 26.5 Å². The number of primary sulfonamides is 1. The fraction of sp³-hybridized carbons (Fsp3) is 0.0625. The van der Waals surface area contributed by atoms with Crippen LogP contribution in [0.5, 0.6) is 11.5 Å². The topological polar surface area (TPSA) is 325 Å². The number of phenolic OH excluding ortho intramolecular Hbond substituents is 1. The Bertz CT molecular complexity index is 2310. The van der Waals surface area contributed by atoms with E-state index in [9.17, 15) is 47.5 Å². The summed E-state index contributed by atoms with van der Waals surface area (Å²) in [7, 11) is -8.31. The Hall–Kier alpha value is -5.97. The maximum absolute atomic E-state index is 12.2. The molecule has 4 aromatic rings. The van der Waals surface area contributed by atoms with Gasteiger partial charge in [-0.1, -0.05) is 55.1 Å². The number of azo groups is 2. The molecule has 1 amide bonds. The van der Waals surface area contributed by atoms with Crippen LogP contribution in [0.1, 0.15) is 13.8 Å². The van der Waals surface area contributed by atoms with Crippen molar-refractivity contribution in [2.75, 3.05) is 5.32 Å². The summed E-state index contributed by atoms with van der Waals surface area (Å²) in [4.78, 5) is 15.2. The average Bonchev–Trinajstić information content (AvgIpc) is 3.06. The van der Waals surface area contributed by atoms with Crippen molar-refractivity contribution >= 4 is 54.6 Å². The van der Waals surface area contributed by atoms with E-state index >= 15 is 0 Å². The van der Waals surface area contributed by atoms with Gasteiger partial charge in [0.1, 0.15) is 17.2 Å². The number of hydrogen-bond donors (Lipinski definition) is 5. The first-order valence-electron chi connectivity index (χ1n) is 14.3. The molecule has 1 atom stereocenters. The zero-order valence-electron chi connectivity index (χ0n) is 27.4. The van der Waals surface area contributed by atoms with Crippen molar-refractivity contribution in [2.45, 2.75) is 23.6 Å². The number of nitrogens with two attached hydrogens (primary N) is 1. The molecule has 279 valence electrons. The number of aliphatic hydroxyl groups is 1. The molecule has 0 heterocycles. The molecule has 0 aliphatic heterocycles. The molecule has 0 saturated carbocycles. The maximum atomic E-state index is 12.2. The molecular weight excluding hydrogens is 779 g/mol. The van der Waals surface area contributed by atoms with E-state index in [-0.39, 0.29) is 33.1 Å². The predicted octanol–water partition coefficient (Wildman–Crippen LogP) is 3.61. The van der Waals surface area contributed by atoms with Crippen LogP contribution in [-0.2, 0) is 41.6 Å². The number of para-hydroxylation sites is 2. The number of anilines is 1. The van der Waals surface area contributed by atoms with Crippen LogP contribution in [-0.4, -0.2) is 39.2 Å². The molecule has 0 aliphatic carbocycles. The monoisotopic (exact) mass is 807 g/mol. The van der Waals surface area contributed by atoms with E-state index in [1.165, 1.54) is 6.92 Å². The quantitative estimate of drug-likeness (QED) is 0.0509. The van der Waals surface area contributed by atoms with Gasteiger partial charge >= 0.3 is 16.8 Å². The minimum absolute atomic E-state index is 0. The fourth-order valence-corrected chi connectivity index (χ4v) is 4.69. The summed E-state index contributed by atoms with van der Waals surface area (Å²) < 4.78 is 52.2. The number of nitrogens with zero attached hydrogens (tertiary/aromatic N) is 5. The summed E-state index contributed by atoms with van der Waals surface area (Å²) in [5.74, 6) is -3.89. The molecule has 0 saturated heterocycles. The van der Waals surface area contributed by atoms with Gasteiger partial charge in [0.2, 0.25) is 10.0 Å². The number of hydrogen-bond acceptors (Lipinski definition) is 16. The second kappa shape index (κ2) is 19.0. The van der Waals surface area contributed by atoms with E-state index in [0.717, 1.165) is 43.3 Å². The molecule has 0 bridgehead atoms. The number of nitrogens with one attached hydrogen (secondary N) is 2. The minimum atomic E-state index is -4.30. The molecule has 1 unspecified atom stereocenters. The summed E-state index contributed by atoms with van der Waals surface area (Å²) in [6.45, 7) is 2.31. The minimum Gasteiger partial charge on any atom is -0.874 e. The Balaban J connectivity index is 0.000000360. The summed E-state index contributed by atoms with van der Waals surface area (Å²) in [5, 5.41) is 76.7. The number of phenols is 1. The SMILES string of the molecule is C/C(O)=C(/N=Nc1cc(S(N)(=O)=O)ccc1O)C(=O)Nc1ccccc1.C/C([O-])=C(/N=Nc1cc(S(=N)(=O)[O-])ccc1[O-])C([O-])=Nc1ccccc1.[Co+2]. The molecule has 21 heteroatoms. The van der Waals surface area contributed by atoms with Crippen molar-refractivity contribution in [3.05, 3.63) is 120 Å². The van der Waals surface area contributed by atoms with Crippen molar-refractivity contribution < 1.29 is 64.3 Å². The van der Waals surface area contributed by atoms with E-state index in [4.69, 9.17) is 9.92 Å². The van der Waals surface area contributed by atoms with Gasteiger partial charge in [0.15, 0.2) is 5.70 Å². The largest absolute Gasteiger partial charge is 2.00 e. The normalized spacial score (nSPS) is 13.8. The maximum Gasteiger partial charge on any atom is 2.00 e. The van der Waals surface area contributed by atoms with Crippen LogP contribution in [0.15, 0.2) is 155 Å². The Morgan fingerprint density at radius 1 is 0.811 bits per heavy atom. The van der Waals surface area contributed by atoms with Crippen LogP contribution in [0.25, 0.3) is 0 Å². The number of aliphatic imine (C=N–C) groups is 1. The van der Waals surface area contributed by atoms with Gasteiger partial charge in [-0.05, 0) is 61.5 Å². The Labute approximate surface area is 313 Å². The number of sulfonamides is 1. The van der Waals surface area contributed by atoms with Crippen LogP contribution >= 0.6 is 0 Å². The third-order valence-electron chi connectivity index (χ3n) is 6.14. The predicted molar refractivity (Wildman–Crippen MR) is 181 cm³/mol. The molecule has 18 nitrogen and oxygen atoms in total. The zero-order chi connectivity index (χ0) is 38.6. The summed E-state index contributed by atoms with van der Waals surface area (Å²) in [5.41, 5.74) is -0.905. The standard InChI is InChI=1S/2C16H16N4O5S.Co/c2*1-10(21)15(16(23)18-11-5-3-2-4-6-11)20-19-13-9-12(26(17,24)25)7-8-14(13)22;/h2*2-9,21-22H,1H3,(H,18,23)(H2,17,24,25);/q;;+2/p-4/b2*15-10-,20-19?;. The molecule has 4 rings (SSSR count). The number of aromatic hydroxyl groups is 1. The van der Waals surface area contributed by atoms with Crippen molar-refractivity contribution in [1.29, 1.82) is 4.78 Å². The molecular formula is C32H28CoN8O10S2-2. The number of carbonyl (C=O) groups is 1. The van der Waals surface area contributed by atoms with Gasteiger partial charge < -0.3 is 35.4 Å². The molecule has 4 aromatic carbocycles. The van der Waals surface area contributed by atoms with Crippen molar-refractivity contribution in [2.24, 2.45) is 30.6 Å². The summed E-state index contributed by atoms with van der Waals surface area (Å²) in [6, 6.07) is 22.5. The first-order chi connectivity index (χ1) is 24.4. The van der Waals surface area contributed by atoms with Crippen LogP contribution in [0.2, 0.25) is 0 Å². The Kier molecular flexibility index (Phi) is 15.5. The first kappa shape index (κ1) is 43.2. The van der Waals surface area contributed by atoms with Crippen molar-refractivity contribution in [1.82, 2.24) is 0 Å². The average molecular weight is 808 g/mol. The second-order valence-corrected chi connectivity index (χ2v) is 13.2. The number of allylic oxidation sites excluding steroid dienone is 2. The van der Waals surface area contributed by atoms with Gasteiger partial charge in [-0.15, -0.1) is 16.0 Å². The number of carbonyl (C=O) groups excluding carboxylic acids is 1. The second-order valence-electron chi connectivity index (χ2n) is 10.1. The van der Waals surface area contributed by atoms with Gasteiger partial charge in [-0.25, -0.2) is 13.6 Å². The smallest absolute Gasteiger partial charge is 0.874 e. The van der Waals surface area contributed by atoms with Crippen molar-refractivity contribution in [3.63, 3.8) is 0 Å². The molecule has 0 aromatic heterocycles. The molecule has 1 radical (unpaired) electrons. The van der Waals surface area contributed by atoms with Gasteiger partial charge in [0.05, 0.1) is 22.0 Å². The summed E-state index contributed by atoms with van der Waals surface area (Å²) >= 11 is 0. The van der Waals surface area contributed by atoms with Crippen LogP contribution in [0.4, 0.5) is 22.7 Å². The number of benzene rings is 4. The van der Waals surface area contributed by atoms with E-state index in [1.54, 1.807) is 60.7 Å². The third-order valence-corrected chi connectivity index (χ3v) is 7.93. The zero-order valence-corrected chi connectivity index (χ0v) is 30.0. The van der Waals surface area contributed by atoms with E-state index in [2.05, 4.69) is 30.8 Å². The Morgan fingerprint density at radius 3 is 1.89 bits per heavy atom. The number of amides is 1. The molecule has 0 fully saturated rings. The van der Waals surface area contributed by atoms with Crippen LogP contribution in [0.3, 0.4) is 0 Å². The van der Waals surface area contributed by atoms with Crippen LogP contribution in [0, 0.1) is 4.78 Å². The van der Waals surface area contributed by atoms with E-state index in [1.807, 2.05) is 0 Å². The first-order valence-corrected chi connectivity index (χ1v) is 17.3. The van der Waals surface area contributed by atoms with Gasteiger partial charge in [-0.2, -0.15) is 10.2 Å². The Morgan fingerprint density at radius 2 is 1.34 bits per heavy atom. The number of rotatable bonds is 10. The third kappa shape index (κ3) is 13.3. The van der Waals surface area contributed by atoms with Crippen LogP contribution < -0.4 is 25.8 Å².